The molecule has 0 aromatic heterocycles. The Balaban J connectivity index is 0.00000196. The lowest BCUT2D eigenvalue weighted by Gasteiger charge is -2.45. The zero-order valence-electron chi connectivity index (χ0n) is 10.4. The Labute approximate surface area is 100 Å². The van der Waals surface area contributed by atoms with E-state index in [1.165, 1.54) is 12.8 Å². The van der Waals surface area contributed by atoms with Gasteiger partial charge in [0.15, 0.2) is 0 Å². The molecule has 0 aromatic carbocycles. The minimum Gasteiger partial charge on any atom is -0.388 e. The molecule has 92 valence electrons. The maximum Gasteiger partial charge on any atom is 0.0845 e. The maximum absolute atomic E-state index is 10.7. The topological polar surface area (TPSA) is 32.3 Å². The van der Waals surface area contributed by atoms with Crippen LogP contribution in [0, 0.1) is 11.8 Å². The second-order valence-corrected chi connectivity index (χ2v) is 5.20. The molecule has 1 atom stereocenters. The van der Waals surface area contributed by atoms with Crippen molar-refractivity contribution in [3.8, 4) is 0 Å². The van der Waals surface area contributed by atoms with Gasteiger partial charge in [-0.2, -0.15) is 0 Å². The Morgan fingerprint density at radius 3 is 2.00 bits per heavy atom. The second-order valence-electron chi connectivity index (χ2n) is 5.20. The predicted molar refractivity (Wildman–Crippen MR) is 67.5 cm³/mol. The highest BCUT2D eigenvalue weighted by Gasteiger charge is 2.42. The number of halogens is 1. The largest absolute Gasteiger partial charge is 0.388 e. The third kappa shape index (κ3) is 3.08. The van der Waals surface area contributed by atoms with E-state index in [0.717, 1.165) is 13.0 Å². The average molecular weight is 236 g/mol. The molecule has 1 aliphatic rings. The minimum atomic E-state index is -0.541. The summed E-state index contributed by atoms with van der Waals surface area (Å²) in [6, 6.07) is 0.288. The lowest BCUT2D eigenvalue weighted by molar-refractivity contribution is -0.0833. The summed E-state index contributed by atoms with van der Waals surface area (Å²) in [6.45, 7) is 9.55. The molecule has 1 heterocycles. The lowest BCUT2D eigenvalue weighted by atomic mass is 9.72. The van der Waals surface area contributed by atoms with Crippen LogP contribution in [0.5, 0.6) is 0 Å². The van der Waals surface area contributed by atoms with Crippen molar-refractivity contribution in [1.82, 2.24) is 5.32 Å². The molecule has 1 unspecified atom stereocenters. The first kappa shape index (κ1) is 15.2. The van der Waals surface area contributed by atoms with Crippen LogP contribution in [-0.4, -0.2) is 23.3 Å². The molecule has 1 rings (SSSR count). The van der Waals surface area contributed by atoms with Crippen molar-refractivity contribution >= 4 is 12.4 Å². The van der Waals surface area contributed by atoms with Gasteiger partial charge in [0.25, 0.3) is 0 Å². The third-order valence-corrected chi connectivity index (χ3v) is 3.72. The van der Waals surface area contributed by atoms with Gasteiger partial charge >= 0.3 is 0 Å². The fourth-order valence-corrected chi connectivity index (χ4v) is 2.72. The van der Waals surface area contributed by atoms with Crippen LogP contribution >= 0.6 is 12.4 Å². The number of piperidine rings is 1. The quantitative estimate of drug-likeness (QED) is 0.788. The van der Waals surface area contributed by atoms with Crippen molar-refractivity contribution in [1.29, 1.82) is 0 Å². The van der Waals surface area contributed by atoms with Crippen molar-refractivity contribution in [3.05, 3.63) is 0 Å². The SMILES string of the molecule is CC(C)C(O)(C(C)C)C1CCCCN1.Cl. The molecule has 0 bridgehead atoms. The van der Waals surface area contributed by atoms with E-state index in [0.29, 0.717) is 11.8 Å². The molecule has 15 heavy (non-hydrogen) atoms. The summed E-state index contributed by atoms with van der Waals surface area (Å²) in [7, 11) is 0. The van der Waals surface area contributed by atoms with E-state index < -0.39 is 5.60 Å². The highest BCUT2D eigenvalue weighted by atomic mass is 35.5. The van der Waals surface area contributed by atoms with Crippen LogP contribution in [0.1, 0.15) is 47.0 Å². The number of aliphatic hydroxyl groups is 1. The molecule has 0 saturated carbocycles. The van der Waals surface area contributed by atoms with E-state index in [2.05, 4.69) is 33.0 Å². The zero-order chi connectivity index (χ0) is 10.8. The van der Waals surface area contributed by atoms with Gasteiger partial charge in [0, 0.05) is 6.04 Å². The summed E-state index contributed by atoms with van der Waals surface area (Å²) in [5, 5.41) is 14.2. The Morgan fingerprint density at radius 1 is 1.13 bits per heavy atom. The first-order valence-corrected chi connectivity index (χ1v) is 5.95. The van der Waals surface area contributed by atoms with Crippen molar-refractivity contribution in [2.45, 2.75) is 58.6 Å². The first-order chi connectivity index (χ1) is 6.49. The fourth-order valence-electron chi connectivity index (χ4n) is 2.72. The van der Waals surface area contributed by atoms with Gasteiger partial charge in [-0.05, 0) is 31.2 Å². The van der Waals surface area contributed by atoms with Crippen LogP contribution in [0.2, 0.25) is 0 Å². The maximum atomic E-state index is 10.7. The van der Waals surface area contributed by atoms with Crippen LogP contribution < -0.4 is 5.32 Å². The zero-order valence-corrected chi connectivity index (χ0v) is 11.2. The van der Waals surface area contributed by atoms with Gasteiger partial charge in [-0.25, -0.2) is 0 Å². The Bertz CT molecular complexity index is 168. The molecule has 2 nitrogen and oxygen atoms in total. The lowest BCUT2D eigenvalue weighted by Crippen LogP contribution is -2.58. The van der Waals surface area contributed by atoms with Crippen LogP contribution in [0.4, 0.5) is 0 Å². The molecular weight excluding hydrogens is 210 g/mol. The third-order valence-electron chi connectivity index (χ3n) is 3.72. The fraction of sp³-hybridized carbons (Fsp3) is 1.00. The summed E-state index contributed by atoms with van der Waals surface area (Å²) in [4.78, 5) is 0. The number of hydrogen-bond acceptors (Lipinski definition) is 2. The molecule has 0 aliphatic carbocycles. The van der Waals surface area contributed by atoms with Crippen LogP contribution in [0.3, 0.4) is 0 Å². The number of hydrogen-bond donors (Lipinski definition) is 2. The molecule has 0 radical (unpaired) electrons. The van der Waals surface area contributed by atoms with Crippen molar-refractivity contribution in [2.75, 3.05) is 6.54 Å². The molecule has 0 amide bonds. The number of nitrogens with one attached hydrogen (secondary N) is 1. The highest BCUT2D eigenvalue weighted by Crippen LogP contribution is 2.33. The summed E-state index contributed by atoms with van der Waals surface area (Å²) in [5.41, 5.74) is -0.541. The smallest absolute Gasteiger partial charge is 0.0845 e. The summed E-state index contributed by atoms with van der Waals surface area (Å²) in [6.07, 6.45) is 3.62. The van der Waals surface area contributed by atoms with Gasteiger partial charge in [-0.1, -0.05) is 34.1 Å². The van der Waals surface area contributed by atoms with Crippen LogP contribution in [-0.2, 0) is 0 Å². The van der Waals surface area contributed by atoms with Crippen molar-refractivity contribution in [3.63, 3.8) is 0 Å². The van der Waals surface area contributed by atoms with Gasteiger partial charge in [0.05, 0.1) is 5.60 Å². The van der Waals surface area contributed by atoms with Crippen molar-refractivity contribution < 1.29 is 5.11 Å². The van der Waals surface area contributed by atoms with Crippen molar-refractivity contribution in [2.24, 2.45) is 11.8 Å². The van der Waals surface area contributed by atoms with E-state index >= 15 is 0 Å². The summed E-state index contributed by atoms with van der Waals surface area (Å²) < 4.78 is 0. The van der Waals surface area contributed by atoms with Gasteiger partial charge in [-0.3, -0.25) is 0 Å². The molecule has 0 aromatic rings. The Hall–Kier alpha value is 0.210. The Morgan fingerprint density at radius 2 is 1.67 bits per heavy atom. The monoisotopic (exact) mass is 235 g/mol. The normalized spacial score (nSPS) is 23.0. The van der Waals surface area contributed by atoms with E-state index in [9.17, 15) is 5.11 Å². The molecule has 1 fully saturated rings. The minimum absolute atomic E-state index is 0. The van der Waals surface area contributed by atoms with Crippen LogP contribution in [0.25, 0.3) is 0 Å². The first-order valence-electron chi connectivity index (χ1n) is 5.95. The molecule has 1 aliphatic heterocycles. The van der Waals surface area contributed by atoms with Gasteiger partial charge in [0.2, 0.25) is 0 Å². The number of rotatable bonds is 3. The average Bonchev–Trinajstić information content (AvgIpc) is 2.17. The van der Waals surface area contributed by atoms with Crippen LogP contribution in [0.15, 0.2) is 0 Å². The van der Waals surface area contributed by atoms with Gasteiger partial charge < -0.3 is 10.4 Å². The molecule has 0 spiro atoms. The van der Waals surface area contributed by atoms with E-state index in [-0.39, 0.29) is 18.4 Å². The van der Waals surface area contributed by atoms with Gasteiger partial charge in [-0.15, -0.1) is 12.4 Å². The molecule has 1 saturated heterocycles. The standard InChI is InChI=1S/C12H25NO.ClH/c1-9(2)12(14,10(3)4)11-7-5-6-8-13-11;/h9-11,13-14H,5-8H2,1-4H3;1H. The second kappa shape index (κ2) is 6.07. The summed E-state index contributed by atoms with van der Waals surface area (Å²) >= 11 is 0. The summed E-state index contributed by atoms with van der Waals surface area (Å²) in [5.74, 6) is 0.635. The highest BCUT2D eigenvalue weighted by molar-refractivity contribution is 5.85. The van der Waals surface area contributed by atoms with E-state index in [1.807, 2.05) is 0 Å². The molecule has 3 heteroatoms. The van der Waals surface area contributed by atoms with Gasteiger partial charge in [0.1, 0.15) is 0 Å². The van der Waals surface area contributed by atoms with E-state index in [4.69, 9.17) is 0 Å². The molecule has 2 N–H and O–H groups in total. The Kier molecular flexibility index (Phi) is 6.16. The molecular formula is C12H26ClNO. The predicted octanol–water partition coefficient (Wildman–Crippen LogP) is 2.59. The van der Waals surface area contributed by atoms with E-state index in [1.54, 1.807) is 0 Å².